The zero-order valence-electron chi connectivity index (χ0n) is 14.7. The molecule has 1 aliphatic heterocycles. The van der Waals surface area contributed by atoms with Crippen LogP contribution >= 0.6 is 0 Å². The van der Waals surface area contributed by atoms with Crippen molar-refractivity contribution >= 4 is 11.6 Å². The second-order valence-corrected chi connectivity index (χ2v) is 6.83. The first-order valence-corrected chi connectivity index (χ1v) is 8.59. The summed E-state index contributed by atoms with van der Waals surface area (Å²) in [5.41, 5.74) is 4.58. The molecule has 0 bridgehead atoms. The summed E-state index contributed by atoms with van der Waals surface area (Å²) in [6, 6.07) is 9.97. The van der Waals surface area contributed by atoms with E-state index in [0.29, 0.717) is 12.3 Å². The highest BCUT2D eigenvalue weighted by atomic mass is 16.2. The number of anilines is 1. The Bertz CT molecular complexity index is 675. The van der Waals surface area contributed by atoms with E-state index in [1.54, 1.807) is 0 Å². The van der Waals surface area contributed by atoms with Crippen LogP contribution in [0.2, 0.25) is 0 Å². The molecule has 2 aromatic rings. The van der Waals surface area contributed by atoms with E-state index in [1.807, 2.05) is 42.2 Å². The number of nitrogens with one attached hydrogen (secondary N) is 1. The first-order valence-electron chi connectivity index (χ1n) is 8.59. The van der Waals surface area contributed by atoms with Crippen LogP contribution in [-0.2, 0) is 11.2 Å². The molecule has 3 rings (SSSR count). The number of H-pyrrole nitrogens is 1. The third-order valence-corrected chi connectivity index (χ3v) is 4.87. The summed E-state index contributed by atoms with van der Waals surface area (Å²) in [5, 5.41) is 7.30. The van der Waals surface area contributed by atoms with Crippen molar-refractivity contribution in [2.45, 2.75) is 26.7 Å². The van der Waals surface area contributed by atoms with E-state index in [0.717, 1.165) is 43.1 Å². The SMILES string of the molecule is Cc1n[nH]c(C)c1CCN(C)C[C@@H]1CC(=O)N(c2ccccc2)C1. The Morgan fingerprint density at radius 2 is 2.04 bits per heavy atom. The maximum atomic E-state index is 12.3. The van der Waals surface area contributed by atoms with Crippen LogP contribution in [0.25, 0.3) is 0 Å². The van der Waals surface area contributed by atoms with E-state index >= 15 is 0 Å². The average molecular weight is 326 g/mol. The lowest BCUT2D eigenvalue weighted by atomic mass is 10.1. The molecule has 5 nitrogen and oxygen atoms in total. The molecular weight excluding hydrogens is 300 g/mol. The Kier molecular flexibility index (Phi) is 5.00. The lowest BCUT2D eigenvalue weighted by molar-refractivity contribution is -0.117. The molecule has 1 saturated heterocycles. The molecule has 0 spiro atoms. The van der Waals surface area contributed by atoms with Gasteiger partial charge in [-0.1, -0.05) is 18.2 Å². The van der Waals surface area contributed by atoms with Crippen molar-refractivity contribution in [1.82, 2.24) is 15.1 Å². The number of amides is 1. The normalized spacial score (nSPS) is 17.9. The van der Waals surface area contributed by atoms with Crippen LogP contribution in [0.15, 0.2) is 30.3 Å². The predicted molar refractivity (Wildman–Crippen MR) is 96.2 cm³/mol. The van der Waals surface area contributed by atoms with Gasteiger partial charge >= 0.3 is 0 Å². The molecule has 1 amide bonds. The number of hydrogen-bond acceptors (Lipinski definition) is 3. The molecule has 0 saturated carbocycles. The number of carbonyl (C=O) groups excluding carboxylic acids is 1. The molecular formula is C19H26N4O. The van der Waals surface area contributed by atoms with Crippen LogP contribution in [-0.4, -0.2) is 47.7 Å². The fourth-order valence-electron chi connectivity index (χ4n) is 3.54. The fourth-order valence-corrected chi connectivity index (χ4v) is 3.54. The smallest absolute Gasteiger partial charge is 0.227 e. The van der Waals surface area contributed by atoms with Crippen LogP contribution in [0.5, 0.6) is 0 Å². The van der Waals surface area contributed by atoms with Crippen LogP contribution in [0.3, 0.4) is 0 Å². The Labute approximate surface area is 143 Å². The molecule has 1 fully saturated rings. The maximum Gasteiger partial charge on any atom is 0.227 e. The minimum Gasteiger partial charge on any atom is -0.312 e. The number of nitrogens with zero attached hydrogens (tertiary/aromatic N) is 3. The molecule has 1 aromatic carbocycles. The van der Waals surface area contributed by atoms with Crippen molar-refractivity contribution in [1.29, 1.82) is 0 Å². The van der Waals surface area contributed by atoms with Gasteiger partial charge < -0.3 is 9.80 Å². The first-order chi connectivity index (χ1) is 11.5. The molecule has 128 valence electrons. The number of benzene rings is 1. The number of hydrogen-bond donors (Lipinski definition) is 1. The van der Waals surface area contributed by atoms with Crippen molar-refractivity contribution < 1.29 is 4.79 Å². The van der Waals surface area contributed by atoms with Gasteiger partial charge in [0.2, 0.25) is 5.91 Å². The van der Waals surface area contributed by atoms with E-state index in [2.05, 4.69) is 29.1 Å². The summed E-state index contributed by atoms with van der Waals surface area (Å²) in [4.78, 5) is 16.5. The molecule has 0 unspecified atom stereocenters. The zero-order valence-corrected chi connectivity index (χ0v) is 14.7. The lowest BCUT2D eigenvalue weighted by Gasteiger charge is -2.21. The van der Waals surface area contributed by atoms with Gasteiger partial charge in [0, 0.05) is 37.4 Å². The largest absolute Gasteiger partial charge is 0.312 e. The summed E-state index contributed by atoms with van der Waals surface area (Å²) >= 11 is 0. The molecule has 24 heavy (non-hydrogen) atoms. The molecule has 0 radical (unpaired) electrons. The monoisotopic (exact) mass is 326 g/mol. The van der Waals surface area contributed by atoms with Crippen molar-refractivity contribution in [3.05, 3.63) is 47.3 Å². The summed E-state index contributed by atoms with van der Waals surface area (Å²) in [5.74, 6) is 0.635. The van der Waals surface area contributed by atoms with E-state index in [9.17, 15) is 4.79 Å². The highest BCUT2D eigenvalue weighted by Crippen LogP contribution is 2.25. The third kappa shape index (κ3) is 3.67. The summed E-state index contributed by atoms with van der Waals surface area (Å²) < 4.78 is 0. The third-order valence-electron chi connectivity index (χ3n) is 4.87. The molecule has 2 heterocycles. The van der Waals surface area contributed by atoms with E-state index < -0.39 is 0 Å². The highest BCUT2D eigenvalue weighted by Gasteiger charge is 2.31. The van der Waals surface area contributed by atoms with Gasteiger partial charge in [-0.3, -0.25) is 9.89 Å². The predicted octanol–water partition coefficient (Wildman–Crippen LogP) is 2.55. The van der Waals surface area contributed by atoms with Gasteiger partial charge in [-0.05, 0) is 50.9 Å². The summed E-state index contributed by atoms with van der Waals surface area (Å²) in [6.45, 7) is 6.87. The van der Waals surface area contributed by atoms with E-state index in [4.69, 9.17) is 0 Å². The standard InChI is InChI=1S/C19H26N4O/c1-14-18(15(2)21-20-14)9-10-22(3)12-16-11-19(24)23(13-16)17-7-5-4-6-8-17/h4-8,16H,9-13H2,1-3H3,(H,20,21)/t16-/m0/s1. The summed E-state index contributed by atoms with van der Waals surface area (Å²) in [6.07, 6.45) is 1.64. The van der Waals surface area contributed by atoms with Gasteiger partial charge in [0.15, 0.2) is 0 Å². The second-order valence-electron chi connectivity index (χ2n) is 6.83. The molecule has 1 N–H and O–H groups in total. The molecule has 1 atom stereocenters. The lowest BCUT2D eigenvalue weighted by Crippen LogP contribution is -2.30. The average Bonchev–Trinajstić information content (AvgIpc) is 3.09. The highest BCUT2D eigenvalue weighted by molar-refractivity contribution is 5.95. The van der Waals surface area contributed by atoms with Gasteiger partial charge in [0.05, 0.1) is 5.69 Å². The van der Waals surface area contributed by atoms with Crippen molar-refractivity contribution in [3.63, 3.8) is 0 Å². The van der Waals surface area contributed by atoms with Gasteiger partial charge in [-0.2, -0.15) is 5.10 Å². The topological polar surface area (TPSA) is 52.2 Å². The van der Waals surface area contributed by atoms with Gasteiger partial charge in [0.25, 0.3) is 0 Å². The van der Waals surface area contributed by atoms with Crippen LogP contribution in [0.1, 0.15) is 23.4 Å². The molecule has 0 aliphatic carbocycles. The quantitative estimate of drug-likeness (QED) is 0.887. The van der Waals surface area contributed by atoms with Gasteiger partial charge in [-0.25, -0.2) is 0 Å². The number of likely N-dealkylation sites (N-methyl/N-ethyl adjacent to an activating group) is 1. The van der Waals surface area contributed by atoms with Gasteiger partial charge in [-0.15, -0.1) is 0 Å². The number of aromatic amines is 1. The van der Waals surface area contributed by atoms with Crippen LogP contribution in [0.4, 0.5) is 5.69 Å². The Balaban J connectivity index is 1.52. The Morgan fingerprint density at radius 1 is 1.29 bits per heavy atom. The van der Waals surface area contributed by atoms with Crippen LogP contribution in [0, 0.1) is 19.8 Å². The molecule has 5 heteroatoms. The van der Waals surface area contributed by atoms with Crippen molar-refractivity contribution in [3.8, 4) is 0 Å². The zero-order chi connectivity index (χ0) is 17.1. The Morgan fingerprint density at radius 3 is 2.71 bits per heavy atom. The number of para-hydroxylation sites is 1. The number of rotatable bonds is 6. The molecule has 1 aliphatic rings. The minimum atomic E-state index is 0.237. The Hall–Kier alpha value is -2.14. The summed E-state index contributed by atoms with van der Waals surface area (Å²) in [7, 11) is 2.14. The number of aromatic nitrogens is 2. The molecule has 1 aromatic heterocycles. The minimum absolute atomic E-state index is 0.237. The van der Waals surface area contributed by atoms with Crippen molar-refractivity contribution in [2.75, 3.05) is 31.6 Å². The van der Waals surface area contributed by atoms with Crippen LogP contribution < -0.4 is 4.90 Å². The van der Waals surface area contributed by atoms with E-state index in [1.165, 1.54) is 5.56 Å². The van der Waals surface area contributed by atoms with Crippen molar-refractivity contribution in [2.24, 2.45) is 5.92 Å². The second kappa shape index (κ2) is 7.18. The fraction of sp³-hybridized carbons (Fsp3) is 0.474. The number of aryl methyl sites for hydroxylation is 2. The number of carbonyl (C=O) groups is 1. The van der Waals surface area contributed by atoms with Gasteiger partial charge in [0.1, 0.15) is 0 Å². The first kappa shape index (κ1) is 16.7. The maximum absolute atomic E-state index is 12.3. The van der Waals surface area contributed by atoms with E-state index in [-0.39, 0.29) is 5.91 Å².